The summed E-state index contributed by atoms with van der Waals surface area (Å²) in [6, 6.07) is 10.7. The van der Waals surface area contributed by atoms with E-state index in [1.807, 2.05) is 0 Å². The third-order valence-electron chi connectivity index (χ3n) is 4.08. The summed E-state index contributed by atoms with van der Waals surface area (Å²) >= 11 is 0. The molecule has 0 atom stereocenters. The van der Waals surface area contributed by atoms with Crippen molar-refractivity contribution in [2.24, 2.45) is 10.8 Å². The summed E-state index contributed by atoms with van der Waals surface area (Å²) < 4.78 is 0. The molecule has 0 saturated heterocycles. The van der Waals surface area contributed by atoms with Crippen LogP contribution >= 0.6 is 0 Å². The van der Waals surface area contributed by atoms with Crippen molar-refractivity contribution in [3.05, 3.63) is 41.7 Å². The molecule has 0 spiro atoms. The zero-order valence-electron chi connectivity index (χ0n) is 16.2. The van der Waals surface area contributed by atoms with Gasteiger partial charge in [-0.3, -0.25) is 5.10 Å². The molecule has 0 aromatic carbocycles. The van der Waals surface area contributed by atoms with Crippen LogP contribution in [-0.2, 0) is 12.8 Å². The molecule has 3 aromatic heterocycles. The molecular formula is C21H30N4. The van der Waals surface area contributed by atoms with Gasteiger partial charge in [-0.2, -0.15) is 5.10 Å². The van der Waals surface area contributed by atoms with Crippen LogP contribution in [-0.4, -0.2) is 20.2 Å². The Hall–Kier alpha value is -2.23. The van der Waals surface area contributed by atoms with Crippen molar-refractivity contribution in [3.8, 4) is 22.8 Å². The average Bonchev–Trinajstić information content (AvgIpc) is 3.13. The van der Waals surface area contributed by atoms with Crippen LogP contribution < -0.4 is 0 Å². The predicted octanol–water partition coefficient (Wildman–Crippen LogP) is 5.58. The van der Waals surface area contributed by atoms with Crippen molar-refractivity contribution in [1.82, 2.24) is 20.2 Å². The normalized spacial score (nSPS) is 12.7. The molecule has 0 fully saturated rings. The summed E-state index contributed by atoms with van der Waals surface area (Å²) in [4.78, 5) is 7.00. The van der Waals surface area contributed by atoms with Gasteiger partial charge >= 0.3 is 0 Å². The fourth-order valence-electron chi connectivity index (χ4n) is 3.13. The summed E-state index contributed by atoms with van der Waals surface area (Å²) in [5.74, 6) is 0. The SMILES string of the molecule is CC(C)(C)Cc1ccc(-c2cc(-c3ccc(CC(C)(C)C)[nH]3)[nH]n2)[nH]1. The number of nitrogens with zero attached hydrogens (tertiary/aromatic N) is 1. The first-order valence-corrected chi connectivity index (χ1v) is 9.01. The van der Waals surface area contributed by atoms with Gasteiger partial charge in [0.15, 0.2) is 0 Å². The molecule has 0 aliphatic rings. The molecule has 0 aliphatic heterocycles. The number of nitrogens with one attached hydrogen (secondary N) is 3. The van der Waals surface area contributed by atoms with Crippen LogP contribution in [0.4, 0.5) is 0 Å². The Morgan fingerprint density at radius 1 is 0.720 bits per heavy atom. The minimum atomic E-state index is 0.270. The summed E-state index contributed by atoms with van der Waals surface area (Å²) in [5.41, 5.74) is 7.15. The topological polar surface area (TPSA) is 60.3 Å². The molecule has 0 unspecified atom stereocenters. The Balaban J connectivity index is 1.77. The van der Waals surface area contributed by atoms with Crippen LogP contribution in [0.5, 0.6) is 0 Å². The van der Waals surface area contributed by atoms with E-state index < -0.39 is 0 Å². The zero-order chi connectivity index (χ0) is 18.2. The lowest BCUT2D eigenvalue weighted by atomic mass is 9.91. The van der Waals surface area contributed by atoms with E-state index in [1.165, 1.54) is 11.4 Å². The van der Waals surface area contributed by atoms with Crippen LogP contribution in [0, 0.1) is 10.8 Å². The van der Waals surface area contributed by atoms with Crippen LogP contribution in [0.15, 0.2) is 30.3 Å². The van der Waals surface area contributed by atoms with Crippen molar-refractivity contribution >= 4 is 0 Å². The molecule has 0 bridgehead atoms. The summed E-state index contributed by atoms with van der Waals surface area (Å²) in [7, 11) is 0. The highest BCUT2D eigenvalue weighted by atomic mass is 15.1. The number of hydrogen-bond acceptors (Lipinski definition) is 1. The maximum Gasteiger partial charge on any atom is 0.109 e. The summed E-state index contributed by atoms with van der Waals surface area (Å²) in [5, 5.41) is 7.63. The Labute approximate surface area is 150 Å². The molecular weight excluding hydrogens is 308 g/mol. The van der Waals surface area contributed by atoms with E-state index in [9.17, 15) is 0 Å². The Morgan fingerprint density at radius 3 is 1.80 bits per heavy atom. The molecule has 0 radical (unpaired) electrons. The molecule has 3 aromatic rings. The van der Waals surface area contributed by atoms with E-state index in [0.29, 0.717) is 0 Å². The van der Waals surface area contributed by atoms with Crippen LogP contribution in [0.1, 0.15) is 52.9 Å². The molecule has 25 heavy (non-hydrogen) atoms. The largest absolute Gasteiger partial charge is 0.357 e. The van der Waals surface area contributed by atoms with Crippen LogP contribution in [0.25, 0.3) is 22.8 Å². The molecule has 0 aliphatic carbocycles. The second-order valence-electron chi connectivity index (χ2n) is 9.44. The fourth-order valence-corrected chi connectivity index (χ4v) is 3.13. The van der Waals surface area contributed by atoms with Gasteiger partial charge in [0.25, 0.3) is 0 Å². The van der Waals surface area contributed by atoms with E-state index in [-0.39, 0.29) is 10.8 Å². The van der Waals surface area contributed by atoms with Gasteiger partial charge in [-0.15, -0.1) is 0 Å². The number of rotatable bonds is 4. The van der Waals surface area contributed by atoms with Gasteiger partial charge < -0.3 is 9.97 Å². The first-order valence-electron chi connectivity index (χ1n) is 9.01. The number of H-pyrrole nitrogens is 3. The van der Waals surface area contributed by atoms with Gasteiger partial charge in [0.1, 0.15) is 5.69 Å². The van der Waals surface area contributed by atoms with Crippen molar-refractivity contribution in [1.29, 1.82) is 0 Å². The highest BCUT2D eigenvalue weighted by molar-refractivity contribution is 5.64. The maximum absolute atomic E-state index is 4.48. The van der Waals surface area contributed by atoms with Gasteiger partial charge in [-0.1, -0.05) is 41.5 Å². The molecule has 4 heteroatoms. The molecule has 134 valence electrons. The smallest absolute Gasteiger partial charge is 0.109 e. The van der Waals surface area contributed by atoms with Crippen molar-refractivity contribution in [2.45, 2.75) is 54.4 Å². The fraction of sp³-hybridized carbons (Fsp3) is 0.476. The summed E-state index contributed by atoms with van der Waals surface area (Å²) in [6.07, 6.45) is 2.05. The highest BCUT2D eigenvalue weighted by Gasteiger charge is 2.15. The molecule has 0 saturated carbocycles. The molecule has 3 N–H and O–H groups in total. The maximum atomic E-state index is 4.48. The zero-order valence-corrected chi connectivity index (χ0v) is 16.2. The van der Waals surface area contributed by atoms with Gasteiger partial charge in [-0.05, 0) is 54.0 Å². The van der Waals surface area contributed by atoms with E-state index >= 15 is 0 Å². The lowest BCUT2D eigenvalue weighted by Crippen LogP contribution is -2.09. The van der Waals surface area contributed by atoms with Gasteiger partial charge in [0.05, 0.1) is 17.1 Å². The minimum absolute atomic E-state index is 0.270. The number of hydrogen-bond donors (Lipinski definition) is 3. The summed E-state index contributed by atoms with van der Waals surface area (Å²) in [6.45, 7) is 13.5. The standard InChI is InChI=1S/C21H30N4/c1-20(2,3)12-14-7-9-16(22-14)18-11-19(25-24-18)17-10-8-15(23-17)13-21(4,5)6/h7-11,22-23H,12-13H2,1-6H3,(H,24,25). The van der Waals surface area contributed by atoms with Crippen LogP contribution in [0.3, 0.4) is 0 Å². The van der Waals surface area contributed by atoms with E-state index in [0.717, 1.165) is 35.6 Å². The number of aromatic amines is 3. The first-order chi connectivity index (χ1) is 11.6. The average molecular weight is 338 g/mol. The van der Waals surface area contributed by atoms with Crippen LogP contribution in [0.2, 0.25) is 0 Å². The third kappa shape index (κ3) is 4.65. The van der Waals surface area contributed by atoms with Gasteiger partial charge in [-0.25, -0.2) is 0 Å². The first kappa shape index (κ1) is 17.6. The van der Waals surface area contributed by atoms with Crippen molar-refractivity contribution in [3.63, 3.8) is 0 Å². The minimum Gasteiger partial charge on any atom is -0.357 e. The second kappa shape index (κ2) is 6.25. The quantitative estimate of drug-likeness (QED) is 0.571. The Bertz CT molecular complexity index is 765. The third-order valence-corrected chi connectivity index (χ3v) is 4.08. The molecule has 3 rings (SSSR count). The Morgan fingerprint density at radius 2 is 1.24 bits per heavy atom. The molecule has 0 amide bonds. The second-order valence-corrected chi connectivity index (χ2v) is 9.44. The monoisotopic (exact) mass is 338 g/mol. The van der Waals surface area contributed by atoms with Gasteiger partial charge in [0.2, 0.25) is 0 Å². The van der Waals surface area contributed by atoms with Crippen molar-refractivity contribution in [2.75, 3.05) is 0 Å². The molecule has 3 heterocycles. The lowest BCUT2D eigenvalue weighted by Gasteiger charge is -2.16. The lowest BCUT2D eigenvalue weighted by molar-refractivity contribution is 0.407. The molecule has 4 nitrogen and oxygen atoms in total. The highest BCUT2D eigenvalue weighted by Crippen LogP contribution is 2.27. The Kier molecular flexibility index (Phi) is 4.40. The van der Waals surface area contributed by atoms with Crippen molar-refractivity contribution < 1.29 is 0 Å². The number of aromatic nitrogens is 4. The van der Waals surface area contributed by atoms with E-state index in [2.05, 4.69) is 92.0 Å². The van der Waals surface area contributed by atoms with E-state index in [4.69, 9.17) is 0 Å². The predicted molar refractivity (Wildman–Crippen MR) is 104 cm³/mol. The van der Waals surface area contributed by atoms with E-state index in [1.54, 1.807) is 0 Å². The van der Waals surface area contributed by atoms with Gasteiger partial charge in [0, 0.05) is 11.4 Å².